The number of fused-ring (bicyclic) bond motifs is 1. The van der Waals surface area contributed by atoms with Crippen LogP contribution in [0.4, 0.5) is 0 Å². The van der Waals surface area contributed by atoms with Gasteiger partial charge in [-0.1, -0.05) is 25.5 Å². The second-order valence-electron chi connectivity index (χ2n) is 4.46. The maximum atomic E-state index is 2.43. The molecule has 1 aromatic carbocycles. The van der Waals surface area contributed by atoms with Gasteiger partial charge in [0.25, 0.3) is 0 Å². The van der Waals surface area contributed by atoms with Crippen LogP contribution in [0.1, 0.15) is 37.1 Å². The van der Waals surface area contributed by atoms with Gasteiger partial charge in [0.15, 0.2) is 0 Å². The van der Waals surface area contributed by atoms with Gasteiger partial charge in [0.05, 0.1) is 0 Å². The van der Waals surface area contributed by atoms with Gasteiger partial charge in [0, 0.05) is 23.1 Å². The third kappa shape index (κ3) is 1.64. The number of hydrogen-bond acceptors (Lipinski definition) is 0. The highest BCUT2D eigenvalue weighted by atomic mass is 15.0. The van der Waals surface area contributed by atoms with E-state index in [0.717, 1.165) is 6.54 Å². The first-order valence-electron chi connectivity index (χ1n) is 6.07. The average Bonchev–Trinajstić information content (AvgIpc) is 2.52. The zero-order valence-electron chi connectivity index (χ0n) is 10.7. The van der Waals surface area contributed by atoms with E-state index >= 15 is 0 Å². The number of aryl methyl sites for hydroxylation is 2. The van der Waals surface area contributed by atoms with Gasteiger partial charge in [0.1, 0.15) is 0 Å². The number of hydrogen-bond donors (Lipinski definition) is 0. The van der Waals surface area contributed by atoms with E-state index in [-0.39, 0.29) is 0 Å². The van der Waals surface area contributed by atoms with Gasteiger partial charge in [-0.25, -0.2) is 0 Å². The Morgan fingerprint density at radius 3 is 2.62 bits per heavy atom. The molecule has 0 saturated carbocycles. The molecule has 0 N–H and O–H groups in total. The zero-order chi connectivity index (χ0) is 11.7. The summed E-state index contributed by atoms with van der Waals surface area (Å²) in [5.41, 5.74) is 5.50. The summed E-state index contributed by atoms with van der Waals surface area (Å²) in [7, 11) is 0. The highest BCUT2D eigenvalue weighted by molar-refractivity contribution is 5.87. The van der Waals surface area contributed by atoms with Crippen molar-refractivity contribution in [2.45, 2.75) is 40.7 Å². The monoisotopic (exact) mass is 214 g/mol. The van der Waals surface area contributed by atoms with Crippen molar-refractivity contribution in [1.29, 1.82) is 0 Å². The summed E-state index contributed by atoms with van der Waals surface area (Å²) >= 11 is 0. The lowest BCUT2D eigenvalue weighted by Gasteiger charge is -2.06. The first kappa shape index (κ1) is 11.3. The SMILES string of the molecule is C[CH]c1c(C)n(CCC)c2ccc(C)cc12. The topological polar surface area (TPSA) is 4.93 Å². The van der Waals surface area contributed by atoms with E-state index in [4.69, 9.17) is 0 Å². The molecule has 0 fully saturated rings. The molecular weight excluding hydrogens is 194 g/mol. The molecule has 0 aliphatic rings. The molecule has 1 heteroatoms. The Kier molecular flexibility index (Phi) is 3.04. The van der Waals surface area contributed by atoms with E-state index in [9.17, 15) is 0 Å². The van der Waals surface area contributed by atoms with Crippen molar-refractivity contribution >= 4 is 10.9 Å². The van der Waals surface area contributed by atoms with Crippen molar-refractivity contribution in [3.8, 4) is 0 Å². The molecule has 16 heavy (non-hydrogen) atoms. The van der Waals surface area contributed by atoms with Crippen LogP contribution in [0.2, 0.25) is 0 Å². The van der Waals surface area contributed by atoms with E-state index in [0.29, 0.717) is 0 Å². The average molecular weight is 214 g/mol. The molecule has 0 unspecified atom stereocenters. The molecule has 1 radical (unpaired) electrons. The van der Waals surface area contributed by atoms with Crippen molar-refractivity contribution in [3.63, 3.8) is 0 Å². The molecule has 2 aromatic rings. The summed E-state index contributed by atoms with van der Waals surface area (Å²) in [4.78, 5) is 0. The van der Waals surface area contributed by atoms with E-state index in [1.165, 1.54) is 34.1 Å². The third-order valence-corrected chi connectivity index (χ3v) is 3.26. The smallest absolute Gasteiger partial charge is 0.0485 e. The molecule has 0 spiro atoms. The van der Waals surface area contributed by atoms with Crippen LogP contribution in [0.25, 0.3) is 10.9 Å². The lowest BCUT2D eigenvalue weighted by molar-refractivity contribution is 0.684. The maximum Gasteiger partial charge on any atom is 0.0485 e. The molecule has 0 saturated heterocycles. The molecule has 1 heterocycles. The van der Waals surface area contributed by atoms with Crippen molar-refractivity contribution in [2.75, 3.05) is 0 Å². The van der Waals surface area contributed by atoms with Crippen LogP contribution >= 0.6 is 0 Å². The standard InChI is InChI=1S/C15H20N/c1-5-9-16-12(4)13(6-2)14-10-11(3)7-8-15(14)16/h6-8,10H,5,9H2,1-4H3. The summed E-state index contributed by atoms with van der Waals surface area (Å²) in [5, 5.41) is 1.40. The van der Waals surface area contributed by atoms with Crippen LogP contribution in [-0.2, 0) is 6.54 Å². The Labute approximate surface area is 98.1 Å². The Balaban J connectivity index is 2.75. The zero-order valence-corrected chi connectivity index (χ0v) is 10.7. The Morgan fingerprint density at radius 1 is 1.25 bits per heavy atom. The highest BCUT2D eigenvalue weighted by Gasteiger charge is 2.11. The first-order valence-corrected chi connectivity index (χ1v) is 6.07. The van der Waals surface area contributed by atoms with Gasteiger partial charge in [-0.15, -0.1) is 0 Å². The predicted molar refractivity (Wildman–Crippen MR) is 70.8 cm³/mol. The van der Waals surface area contributed by atoms with Gasteiger partial charge in [-0.3, -0.25) is 0 Å². The number of benzene rings is 1. The molecule has 85 valence electrons. The molecule has 0 bridgehead atoms. The van der Waals surface area contributed by atoms with Crippen LogP contribution in [0.5, 0.6) is 0 Å². The number of aromatic nitrogens is 1. The number of rotatable bonds is 3. The lowest BCUT2D eigenvalue weighted by atomic mass is 10.1. The van der Waals surface area contributed by atoms with Crippen LogP contribution in [-0.4, -0.2) is 4.57 Å². The van der Waals surface area contributed by atoms with Crippen LogP contribution < -0.4 is 0 Å². The molecule has 0 atom stereocenters. The minimum absolute atomic E-state index is 1.11. The van der Waals surface area contributed by atoms with E-state index in [1.807, 2.05) is 0 Å². The van der Waals surface area contributed by atoms with Crippen molar-refractivity contribution < 1.29 is 0 Å². The molecular formula is C15H20N. The van der Waals surface area contributed by atoms with Crippen LogP contribution in [0, 0.1) is 20.3 Å². The van der Waals surface area contributed by atoms with E-state index < -0.39 is 0 Å². The first-order chi connectivity index (χ1) is 7.69. The fourth-order valence-electron chi connectivity index (χ4n) is 2.50. The summed E-state index contributed by atoms with van der Waals surface area (Å²) in [6, 6.07) is 6.75. The lowest BCUT2D eigenvalue weighted by Crippen LogP contribution is -1.99. The fourth-order valence-corrected chi connectivity index (χ4v) is 2.50. The largest absolute Gasteiger partial charge is 0.345 e. The fraction of sp³-hybridized carbons (Fsp3) is 0.400. The van der Waals surface area contributed by atoms with E-state index in [1.54, 1.807) is 0 Å². The summed E-state index contributed by atoms with van der Waals surface area (Å²) in [5.74, 6) is 0. The summed E-state index contributed by atoms with van der Waals surface area (Å²) in [6.45, 7) is 9.85. The van der Waals surface area contributed by atoms with Gasteiger partial charge < -0.3 is 4.57 Å². The predicted octanol–water partition coefficient (Wildman–Crippen LogP) is 4.24. The van der Waals surface area contributed by atoms with Crippen molar-refractivity contribution in [3.05, 3.63) is 41.4 Å². The Hall–Kier alpha value is -1.24. The summed E-state index contributed by atoms with van der Waals surface area (Å²) in [6.07, 6.45) is 3.41. The molecule has 1 nitrogen and oxygen atoms in total. The van der Waals surface area contributed by atoms with Gasteiger partial charge >= 0.3 is 0 Å². The third-order valence-electron chi connectivity index (χ3n) is 3.26. The van der Waals surface area contributed by atoms with Crippen LogP contribution in [0.3, 0.4) is 0 Å². The highest BCUT2D eigenvalue weighted by Crippen LogP contribution is 2.28. The number of nitrogens with zero attached hydrogens (tertiary/aromatic N) is 1. The minimum Gasteiger partial charge on any atom is -0.345 e. The molecule has 0 aliphatic carbocycles. The second kappa shape index (κ2) is 4.32. The summed E-state index contributed by atoms with van der Waals surface area (Å²) < 4.78 is 2.43. The van der Waals surface area contributed by atoms with Gasteiger partial charge in [0.2, 0.25) is 0 Å². The van der Waals surface area contributed by atoms with Crippen molar-refractivity contribution in [2.24, 2.45) is 0 Å². The Bertz CT molecular complexity index is 506. The molecule has 0 amide bonds. The van der Waals surface area contributed by atoms with Crippen LogP contribution in [0.15, 0.2) is 18.2 Å². The molecule has 1 aromatic heterocycles. The van der Waals surface area contributed by atoms with E-state index in [2.05, 4.69) is 56.9 Å². The van der Waals surface area contributed by atoms with Crippen molar-refractivity contribution in [1.82, 2.24) is 4.57 Å². The second-order valence-corrected chi connectivity index (χ2v) is 4.46. The Morgan fingerprint density at radius 2 is 2.00 bits per heavy atom. The minimum atomic E-state index is 1.11. The quantitative estimate of drug-likeness (QED) is 0.720. The van der Waals surface area contributed by atoms with Gasteiger partial charge in [-0.2, -0.15) is 0 Å². The van der Waals surface area contributed by atoms with Gasteiger partial charge in [-0.05, 0) is 44.4 Å². The molecule has 0 aliphatic heterocycles. The normalized spacial score (nSPS) is 11.2. The molecule has 2 rings (SSSR count). The maximum absolute atomic E-state index is 2.43.